The zero-order chi connectivity index (χ0) is 36.7. The second-order valence-corrected chi connectivity index (χ2v) is 13.3. The van der Waals surface area contributed by atoms with Gasteiger partial charge in [0.1, 0.15) is 5.69 Å². The molecular weight excluding hydrogens is 665 g/mol. The van der Waals surface area contributed by atoms with E-state index in [2.05, 4.69) is 67.4 Å². The molecule has 0 spiro atoms. The molecule has 270 valence electrons. The average molecular weight is 709 g/mol. The number of benzene rings is 2. The summed E-state index contributed by atoms with van der Waals surface area (Å²) in [5, 5.41) is 7.81. The van der Waals surface area contributed by atoms with Crippen molar-refractivity contribution in [3.8, 4) is 11.4 Å². The molecule has 9 nitrogen and oxygen atoms in total. The summed E-state index contributed by atoms with van der Waals surface area (Å²) < 4.78 is 40.3. The van der Waals surface area contributed by atoms with Crippen molar-refractivity contribution in [2.45, 2.75) is 38.8 Å². The van der Waals surface area contributed by atoms with E-state index in [0.717, 1.165) is 67.0 Å². The van der Waals surface area contributed by atoms with Gasteiger partial charge < -0.3 is 15.6 Å². The van der Waals surface area contributed by atoms with E-state index in [1.807, 2.05) is 35.2 Å². The van der Waals surface area contributed by atoms with Crippen LogP contribution in [0.15, 0.2) is 109 Å². The van der Waals surface area contributed by atoms with Gasteiger partial charge >= 0.3 is 6.18 Å². The first-order valence-electron chi connectivity index (χ1n) is 17.5. The number of nitrogens with one attached hydrogen (secondary N) is 2. The quantitative estimate of drug-likeness (QED) is 0.118. The van der Waals surface area contributed by atoms with Crippen LogP contribution in [0.2, 0.25) is 0 Å². The second-order valence-electron chi connectivity index (χ2n) is 13.3. The number of aromatic nitrogens is 3. The van der Waals surface area contributed by atoms with Gasteiger partial charge in [0.05, 0.1) is 12.3 Å². The van der Waals surface area contributed by atoms with Crippen LogP contribution in [0.25, 0.3) is 17.0 Å². The maximum atomic E-state index is 13.5. The molecule has 2 aliphatic heterocycles. The predicted molar refractivity (Wildman–Crippen MR) is 198 cm³/mol. The molecular formula is C40H43F3N8O. The maximum Gasteiger partial charge on any atom is 0.433 e. The van der Waals surface area contributed by atoms with Crippen LogP contribution in [0.4, 0.5) is 18.9 Å². The van der Waals surface area contributed by atoms with Crippen LogP contribution in [-0.2, 0) is 11.0 Å². The minimum atomic E-state index is -4.57. The highest BCUT2D eigenvalue weighted by Crippen LogP contribution is 2.42. The standard InChI is InChI=1S/C40H43F3N8O/c1-4-16-39(28(2)48-34-8-5-7-32(24-34)37(49-44-3)33-13-20-45-35(25-33)40(41,42)43)17-23-50(27-39)26-36(52)51-21-14-30(15-22-51)29-9-11-31(12-10-29)38-46-18-6-19-47-38/h5-14,18-20,24-25,44,48H,2,4,15-17,21-23,26-27H2,1,3H3/b49-37+. The van der Waals surface area contributed by atoms with Crippen molar-refractivity contribution in [3.63, 3.8) is 0 Å². The Hall–Kier alpha value is -5.36. The fourth-order valence-corrected chi connectivity index (χ4v) is 7.10. The van der Waals surface area contributed by atoms with E-state index in [4.69, 9.17) is 0 Å². The van der Waals surface area contributed by atoms with Gasteiger partial charge in [0, 0.05) is 78.8 Å². The van der Waals surface area contributed by atoms with E-state index in [1.54, 1.807) is 31.6 Å². The van der Waals surface area contributed by atoms with Crippen molar-refractivity contribution >= 4 is 22.9 Å². The number of likely N-dealkylation sites (tertiary alicyclic amines) is 1. The Bertz CT molecular complexity index is 1940. The molecule has 1 atom stereocenters. The van der Waals surface area contributed by atoms with Gasteiger partial charge in [-0.1, -0.05) is 62.4 Å². The summed E-state index contributed by atoms with van der Waals surface area (Å²) in [5.74, 6) is 0.813. The molecule has 2 aliphatic rings. The Morgan fingerprint density at radius 2 is 1.71 bits per heavy atom. The third kappa shape index (κ3) is 8.39. The lowest BCUT2D eigenvalue weighted by molar-refractivity contribution is -0.141. The first kappa shape index (κ1) is 36.4. The predicted octanol–water partition coefficient (Wildman–Crippen LogP) is 7.26. The molecule has 12 heteroatoms. The first-order valence-corrected chi connectivity index (χ1v) is 17.5. The molecule has 0 saturated carbocycles. The zero-order valence-electron chi connectivity index (χ0n) is 29.5. The SMILES string of the molecule is C=C(Nc1cccc(/C(=N\NC)c2ccnc(C(F)(F)F)c2)c1)C1(CCC)CCN(CC(=O)N2CC=C(c3ccc(-c4ncccn4)cc3)CC2)C1. The van der Waals surface area contributed by atoms with Gasteiger partial charge in [-0.25, -0.2) is 9.97 Å². The Labute approximate surface area is 302 Å². The zero-order valence-corrected chi connectivity index (χ0v) is 29.5. The molecule has 2 aromatic heterocycles. The van der Waals surface area contributed by atoms with Crippen molar-refractivity contribution in [2.75, 3.05) is 45.1 Å². The van der Waals surface area contributed by atoms with Gasteiger partial charge in [0.2, 0.25) is 5.91 Å². The van der Waals surface area contributed by atoms with Crippen LogP contribution in [-0.4, -0.2) is 76.1 Å². The number of hydrazone groups is 1. The minimum Gasteiger partial charge on any atom is -0.359 e. The third-order valence-electron chi connectivity index (χ3n) is 9.78. The van der Waals surface area contributed by atoms with Crippen LogP contribution >= 0.6 is 0 Å². The number of halogens is 3. The summed E-state index contributed by atoms with van der Waals surface area (Å²) in [7, 11) is 1.60. The fourth-order valence-electron chi connectivity index (χ4n) is 7.10. The number of carbonyl (C=O) groups is 1. The second kappa shape index (κ2) is 15.9. The van der Waals surface area contributed by atoms with Crippen LogP contribution in [0.5, 0.6) is 0 Å². The summed E-state index contributed by atoms with van der Waals surface area (Å²) in [5.41, 5.74) is 7.72. The number of hydrogen-bond donors (Lipinski definition) is 2. The summed E-state index contributed by atoms with van der Waals surface area (Å²) in [6, 6.07) is 20.0. The molecule has 1 saturated heterocycles. The molecule has 1 amide bonds. The molecule has 4 heterocycles. The highest BCUT2D eigenvalue weighted by Gasteiger charge is 2.41. The number of amides is 1. The van der Waals surface area contributed by atoms with Gasteiger partial charge in [-0.2, -0.15) is 18.3 Å². The number of alkyl halides is 3. The lowest BCUT2D eigenvalue weighted by atomic mass is 9.79. The van der Waals surface area contributed by atoms with Gasteiger partial charge in [0.15, 0.2) is 5.82 Å². The van der Waals surface area contributed by atoms with E-state index < -0.39 is 11.9 Å². The Balaban J connectivity index is 1.08. The van der Waals surface area contributed by atoms with Gasteiger partial charge in [-0.15, -0.1) is 0 Å². The maximum absolute atomic E-state index is 13.5. The molecule has 0 radical (unpaired) electrons. The van der Waals surface area contributed by atoms with Gasteiger partial charge in [0.25, 0.3) is 0 Å². The Kier molecular flexibility index (Phi) is 11.1. The molecule has 1 fully saturated rings. The summed E-state index contributed by atoms with van der Waals surface area (Å²) >= 11 is 0. The fraction of sp³-hybridized carbons (Fsp3) is 0.325. The van der Waals surface area contributed by atoms with Crippen molar-refractivity contribution in [1.82, 2.24) is 30.2 Å². The van der Waals surface area contributed by atoms with Crippen LogP contribution < -0.4 is 10.7 Å². The number of anilines is 1. The average Bonchev–Trinajstić information content (AvgIpc) is 3.57. The molecule has 6 rings (SSSR count). The molecule has 4 aromatic rings. The smallest absolute Gasteiger partial charge is 0.359 e. The van der Waals surface area contributed by atoms with Crippen LogP contribution in [0.3, 0.4) is 0 Å². The summed E-state index contributed by atoms with van der Waals surface area (Å²) in [6.07, 6.45) is 5.68. The molecule has 1 unspecified atom stereocenters. The van der Waals surface area contributed by atoms with E-state index in [0.29, 0.717) is 48.8 Å². The topological polar surface area (TPSA) is 98.6 Å². The number of nitrogens with zero attached hydrogens (tertiary/aromatic N) is 6. The summed E-state index contributed by atoms with van der Waals surface area (Å²) in [6.45, 7) is 9.69. The normalized spacial score (nSPS) is 18.2. The first-order chi connectivity index (χ1) is 25.1. The van der Waals surface area contributed by atoms with Crippen molar-refractivity contribution in [2.24, 2.45) is 10.5 Å². The molecule has 0 bridgehead atoms. The number of pyridine rings is 1. The lowest BCUT2D eigenvalue weighted by Gasteiger charge is -2.33. The van der Waals surface area contributed by atoms with Gasteiger partial charge in [-0.05, 0) is 67.3 Å². The molecule has 52 heavy (non-hydrogen) atoms. The van der Waals surface area contributed by atoms with Crippen molar-refractivity contribution < 1.29 is 18.0 Å². The van der Waals surface area contributed by atoms with E-state index in [-0.39, 0.29) is 11.3 Å². The van der Waals surface area contributed by atoms with Crippen LogP contribution in [0.1, 0.15) is 55.0 Å². The van der Waals surface area contributed by atoms with E-state index in [9.17, 15) is 18.0 Å². The molecule has 0 aliphatic carbocycles. The monoisotopic (exact) mass is 708 g/mol. The Morgan fingerprint density at radius 1 is 0.962 bits per heavy atom. The lowest BCUT2D eigenvalue weighted by Crippen LogP contribution is -2.42. The van der Waals surface area contributed by atoms with Crippen molar-refractivity contribution in [3.05, 3.63) is 126 Å². The van der Waals surface area contributed by atoms with E-state index >= 15 is 0 Å². The number of carbonyl (C=O) groups excluding carboxylic acids is 1. The number of rotatable bonds is 12. The summed E-state index contributed by atoms with van der Waals surface area (Å²) in [4.78, 5) is 29.8. The van der Waals surface area contributed by atoms with Crippen molar-refractivity contribution in [1.29, 1.82) is 0 Å². The van der Waals surface area contributed by atoms with Gasteiger partial charge in [-0.3, -0.25) is 14.7 Å². The van der Waals surface area contributed by atoms with E-state index in [1.165, 1.54) is 11.6 Å². The Morgan fingerprint density at radius 3 is 2.40 bits per heavy atom. The number of hydrogen-bond acceptors (Lipinski definition) is 8. The molecule has 2 N–H and O–H groups in total. The van der Waals surface area contributed by atoms with Crippen LogP contribution in [0, 0.1) is 5.41 Å². The highest BCUT2D eigenvalue weighted by atomic mass is 19.4. The minimum absolute atomic E-state index is 0.117. The third-order valence-corrected chi connectivity index (χ3v) is 9.78. The highest BCUT2D eigenvalue weighted by molar-refractivity contribution is 6.13. The molecule has 2 aromatic carbocycles. The largest absolute Gasteiger partial charge is 0.433 e.